The molecule has 3 rings (SSSR count). The van der Waals surface area contributed by atoms with Crippen LogP contribution in [0.3, 0.4) is 0 Å². The van der Waals surface area contributed by atoms with E-state index < -0.39 is 0 Å². The second kappa shape index (κ2) is 10.9. The van der Waals surface area contributed by atoms with E-state index in [1.54, 1.807) is 6.20 Å². The number of nitrogens with zero attached hydrogens (tertiary/aromatic N) is 4. The topological polar surface area (TPSA) is 111 Å². The molecule has 9 heteroatoms. The Bertz CT molecular complexity index is 917. The van der Waals surface area contributed by atoms with Crippen molar-refractivity contribution in [3.63, 3.8) is 0 Å². The summed E-state index contributed by atoms with van der Waals surface area (Å²) in [5.41, 5.74) is 7.68. The maximum atomic E-state index is 9.35. The molecule has 0 radical (unpaired) electrons. The van der Waals surface area contributed by atoms with Gasteiger partial charge in [-0.15, -0.1) is 0 Å². The Kier molecular flexibility index (Phi) is 8.53. The van der Waals surface area contributed by atoms with Gasteiger partial charge in [-0.3, -0.25) is 4.68 Å². The first kappa shape index (κ1) is 22.8. The highest BCUT2D eigenvalue weighted by Gasteiger charge is 2.15. The van der Waals surface area contributed by atoms with Gasteiger partial charge >= 0.3 is 0 Å². The van der Waals surface area contributed by atoms with E-state index in [0.717, 1.165) is 35.9 Å². The molecule has 0 aliphatic carbocycles. The summed E-state index contributed by atoms with van der Waals surface area (Å²) in [5.74, 6) is 1.24. The number of benzene rings is 1. The Hall–Kier alpha value is -2.52. The van der Waals surface area contributed by atoms with E-state index in [0.29, 0.717) is 24.6 Å². The van der Waals surface area contributed by atoms with Gasteiger partial charge in [-0.05, 0) is 18.9 Å². The lowest BCUT2D eigenvalue weighted by Gasteiger charge is -2.20. The molecule has 0 saturated carbocycles. The summed E-state index contributed by atoms with van der Waals surface area (Å²) in [5, 5.41) is 18.3. The van der Waals surface area contributed by atoms with E-state index in [1.807, 2.05) is 36.0 Å². The van der Waals surface area contributed by atoms with Gasteiger partial charge in [-0.25, -0.2) is 4.98 Å². The number of fused-ring (bicyclic) bond motifs is 1. The van der Waals surface area contributed by atoms with Gasteiger partial charge in [0, 0.05) is 25.1 Å². The fourth-order valence-corrected chi connectivity index (χ4v) is 3.22. The fourth-order valence-electron chi connectivity index (χ4n) is 3.22. The second-order valence-electron chi connectivity index (χ2n) is 6.81. The van der Waals surface area contributed by atoms with Crippen LogP contribution in [0.1, 0.15) is 38.3 Å². The number of hydrogen-bond acceptors (Lipinski definition) is 7. The van der Waals surface area contributed by atoms with Crippen LogP contribution in [0.25, 0.3) is 10.9 Å². The molecule has 0 unspecified atom stereocenters. The minimum atomic E-state index is 0. The summed E-state index contributed by atoms with van der Waals surface area (Å²) in [6, 6.07) is 8.12. The first-order valence-electron chi connectivity index (χ1n) is 9.65. The predicted octanol–water partition coefficient (Wildman–Crippen LogP) is 2.99. The Morgan fingerprint density at radius 1 is 1.28 bits per heavy atom. The number of aryl methyl sites for hydroxylation is 1. The molecule has 4 N–H and O–H groups in total. The van der Waals surface area contributed by atoms with Gasteiger partial charge in [0.2, 0.25) is 5.95 Å². The van der Waals surface area contributed by atoms with Gasteiger partial charge in [0.15, 0.2) is 11.6 Å². The number of nitrogens with two attached hydrogens (primary N) is 1. The van der Waals surface area contributed by atoms with Gasteiger partial charge in [0.25, 0.3) is 0 Å². The number of aromatic nitrogens is 4. The molecular weight excluding hydrogens is 388 g/mol. The number of unbranched alkanes of at least 4 members (excludes halogenated alkanes) is 1. The van der Waals surface area contributed by atoms with Crippen LogP contribution < -0.4 is 15.8 Å². The number of ether oxygens (including phenoxy) is 1. The first-order chi connectivity index (χ1) is 13.6. The molecule has 0 bridgehead atoms. The van der Waals surface area contributed by atoms with Gasteiger partial charge in [-0.2, -0.15) is 23.6 Å². The number of nitrogens with one attached hydrogen (secondary N) is 1. The Morgan fingerprint density at radius 2 is 2.07 bits per heavy atom. The number of hydrogen-bond donors (Lipinski definition) is 3. The zero-order chi connectivity index (χ0) is 19.9. The average molecular weight is 419 g/mol. The smallest absolute Gasteiger partial charge is 0.222 e. The van der Waals surface area contributed by atoms with Crippen molar-refractivity contribution in [3.05, 3.63) is 36.2 Å². The Labute approximate surface area is 177 Å². The number of para-hydroxylation sites is 1. The highest BCUT2D eigenvalue weighted by atomic mass is 32.1. The van der Waals surface area contributed by atoms with Crippen molar-refractivity contribution >= 4 is 36.2 Å². The standard InChI is InChI=1S/C20H28N6O2.H2S/c1-3-4-7-14(10-11-27)23-19-18(12-22-20(21)24-19)28-13-16-15-8-5-6-9-17(15)26(2)25-16;/h5-6,8-9,12,14,27H,3-4,7,10-11,13H2,1-2H3,(H3,21,22,23,24);1H2/t14-;/m0./s1. The first-order valence-corrected chi connectivity index (χ1v) is 9.65. The predicted molar refractivity (Wildman–Crippen MR) is 121 cm³/mol. The van der Waals surface area contributed by atoms with Crippen LogP contribution in [0.5, 0.6) is 5.75 Å². The molecule has 1 atom stereocenters. The van der Waals surface area contributed by atoms with E-state index in [4.69, 9.17) is 10.5 Å². The second-order valence-corrected chi connectivity index (χ2v) is 6.81. The van der Waals surface area contributed by atoms with Crippen LogP contribution in [0, 0.1) is 0 Å². The normalized spacial score (nSPS) is 11.8. The van der Waals surface area contributed by atoms with Crippen LogP contribution in [0.15, 0.2) is 30.5 Å². The van der Waals surface area contributed by atoms with E-state index in [9.17, 15) is 5.11 Å². The van der Waals surface area contributed by atoms with Crippen molar-refractivity contribution in [3.8, 4) is 5.75 Å². The highest BCUT2D eigenvalue weighted by molar-refractivity contribution is 7.59. The maximum Gasteiger partial charge on any atom is 0.222 e. The van der Waals surface area contributed by atoms with E-state index >= 15 is 0 Å². The van der Waals surface area contributed by atoms with Crippen molar-refractivity contribution in [1.29, 1.82) is 0 Å². The highest BCUT2D eigenvalue weighted by Crippen LogP contribution is 2.26. The van der Waals surface area contributed by atoms with Crippen molar-refractivity contribution in [1.82, 2.24) is 19.7 Å². The average Bonchev–Trinajstić information content (AvgIpc) is 3.02. The largest absolute Gasteiger partial charge is 0.482 e. The van der Waals surface area contributed by atoms with Gasteiger partial charge in [-0.1, -0.05) is 38.0 Å². The van der Waals surface area contributed by atoms with Crippen molar-refractivity contribution < 1.29 is 9.84 Å². The van der Waals surface area contributed by atoms with Crippen molar-refractivity contribution in [2.24, 2.45) is 7.05 Å². The summed E-state index contributed by atoms with van der Waals surface area (Å²) in [4.78, 5) is 8.37. The molecule has 0 spiro atoms. The van der Waals surface area contributed by atoms with Crippen LogP contribution >= 0.6 is 13.5 Å². The van der Waals surface area contributed by atoms with E-state index in [1.165, 1.54) is 0 Å². The van der Waals surface area contributed by atoms with Crippen LogP contribution in [0.4, 0.5) is 11.8 Å². The van der Waals surface area contributed by atoms with Crippen LogP contribution in [-0.2, 0) is 13.7 Å². The molecule has 158 valence electrons. The maximum absolute atomic E-state index is 9.35. The molecule has 3 aromatic rings. The lowest BCUT2D eigenvalue weighted by atomic mass is 10.1. The molecule has 1 aromatic carbocycles. The van der Waals surface area contributed by atoms with E-state index in [2.05, 4.69) is 27.3 Å². The molecule has 0 fully saturated rings. The molecule has 2 aromatic heterocycles. The summed E-state index contributed by atoms with van der Waals surface area (Å²) < 4.78 is 7.84. The molecule has 0 aliphatic heterocycles. The minimum Gasteiger partial charge on any atom is -0.482 e. The monoisotopic (exact) mass is 418 g/mol. The van der Waals surface area contributed by atoms with Gasteiger partial charge in [0.05, 0.1) is 11.7 Å². The van der Waals surface area contributed by atoms with Gasteiger partial charge in [0.1, 0.15) is 12.3 Å². The summed E-state index contributed by atoms with van der Waals surface area (Å²) in [6.45, 7) is 2.55. The fraction of sp³-hybridized carbons (Fsp3) is 0.450. The third-order valence-corrected chi connectivity index (χ3v) is 4.70. The summed E-state index contributed by atoms with van der Waals surface area (Å²) in [7, 11) is 1.92. The molecular formula is C20H30N6O2S. The van der Waals surface area contributed by atoms with E-state index in [-0.39, 0.29) is 32.1 Å². The number of rotatable bonds is 10. The number of anilines is 2. The summed E-state index contributed by atoms with van der Waals surface area (Å²) in [6.07, 6.45) is 5.30. The SMILES string of the molecule is CCCC[C@@H](CCO)Nc1nc(N)ncc1OCc1nn(C)c2ccccc12.S. The van der Waals surface area contributed by atoms with Gasteiger partial charge < -0.3 is 20.9 Å². The third kappa shape index (κ3) is 5.74. The molecule has 0 amide bonds. The zero-order valence-corrected chi connectivity index (χ0v) is 17.9. The zero-order valence-electron chi connectivity index (χ0n) is 16.9. The number of aliphatic hydroxyl groups excluding tert-OH is 1. The molecule has 8 nitrogen and oxygen atoms in total. The lowest BCUT2D eigenvalue weighted by Crippen LogP contribution is -2.22. The third-order valence-electron chi connectivity index (χ3n) is 4.70. The Balaban J connectivity index is 0.00000300. The molecule has 29 heavy (non-hydrogen) atoms. The number of nitrogen functional groups attached to an aromatic ring is 1. The lowest BCUT2D eigenvalue weighted by molar-refractivity contribution is 0.275. The van der Waals surface area contributed by atoms with Crippen molar-refractivity contribution in [2.75, 3.05) is 17.7 Å². The quantitative estimate of drug-likeness (QED) is 0.464. The number of aliphatic hydroxyl groups is 1. The summed E-state index contributed by atoms with van der Waals surface area (Å²) >= 11 is 0. The minimum absolute atomic E-state index is 0. The molecule has 0 saturated heterocycles. The Morgan fingerprint density at radius 3 is 2.83 bits per heavy atom. The van der Waals surface area contributed by atoms with Crippen LogP contribution in [-0.4, -0.2) is 37.5 Å². The molecule has 0 aliphatic rings. The molecule has 2 heterocycles. The van der Waals surface area contributed by atoms with Crippen molar-refractivity contribution in [2.45, 2.75) is 45.3 Å². The van der Waals surface area contributed by atoms with Crippen LogP contribution in [0.2, 0.25) is 0 Å².